The van der Waals surface area contributed by atoms with Crippen molar-refractivity contribution in [2.75, 3.05) is 33.4 Å². The van der Waals surface area contributed by atoms with Crippen LogP contribution in [0.5, 0.6) is 5.75 Å². The highest BCUT2D eigenvalue weighted by molar-refractivity contribution is 5.77. The number of carboxylic acids is 1. The van der Waals surface area contributed by atoms with Gasteiger partial charge in [-0.2, -0.15) is 0 Å². The van der Waals surface area contributed by atoms with E-state index in [4.69, 9.17) is 9.47 Å². The highest BCUT2D eigenvalue weighted by Crippen LogP contribution is 2.32. The molecular formula is C15H21NO4. The average molecular weight is 279 g/mol. The number of benzene rings is 1. The number of aliphatic carboxylic acids is 1. The third-order valence-electron chi connectivity index (χ3n) is 3.79. The zero-order valence-electron chi connectivity index (χ0n) is 12.2. The Morgan fingerprint density at radius 2 is 1.90 bits per heavy atom. The summed E-state index contributed by atoms with van der Waals surface area (Å²) in [6.45, 7) is 6.34. The number of ether oxygens (including phenoxy) is 2. The molecule has 1 unspecified atom stereocenters. The van der Waals surface area contributed by atoms with Gasteiger partial charge in [-0.25, -0.2) is 0 Å². The first kappa shape index (κ1) is 14.8. The van der Waals surface area contributed by atoms with Crippen LogP contribution in [0.2, 0.25) is 0 Å². The van der Waals surface area contributed by atoms with E-state index in [1.54, 1.807) is 7.11 Å². The van der Waals surface area contributed by atoms with Crippen molar-refractivity contribution in [2.24, 2.45) is 0 Å². The molecule has 0 saturated carbocycles. The van der Waals surface area contributed by atoms with Gasteiger partial charge in [0, 0.05) is 18.7 Å². The standard InChI is InChI=1S/C15H21NO4/c1-10-8-12(13(19-3)9-11(10)2)14(15(17)18)16-4-6-20-7-5-16/h8-9,14H,4-7H2,1-3H3,(H,17,18). The molecule has 2 rings (SSSR count). The van der Waals surface area contributed by atoms with E-state index in [-0.39, 0.29) is 0 Å². The van der Waals surface area contributed by atoms with E-state index >= 15 is 0 Å². The summed E-state index contributed by atoms with van der Waals surface area (Å²) in [5, 5.41) is 9.62. The van der Waals surface area contributed by atoms with E-state index in [0.29, 0.717) is 37.6 Å². The fourth-order valence-electron chi connectivity index (χ4n) is 2.52. The van der Waals surface area contributed by atoms with E-state index < -0.39 is 12.0 Å². The molecule has 1 N–H and O–H groups in total. The molecule has 20 heavy (non-hydrogen) atoms. The van der Waals surface area contributed by atoms with Crippen LogP contribution < -0.4 is 4.74 Å². The van der Waals surface area contributed by atoms with Crippen LogP contribution in [0.3, 0.4) is 0 Å². The summed E-state index contributed by atoms with van der Waals surface area (Å²) in [6.07, 6.45) is 0. The smallest absolute Gasteiger partial charge is 0.325 e. The normalized spacial score (nSPS) is 17.8. The van der Waals surface area contributed by atoms with Gasteiger partial charge in [0.2, 0.25) is 0 Å². The minimum atomic E-state index is -0.853. The molecule has 0 radical (unpaired) electrons. The van der Waals surface area contributed by atoms with Crippen LogP contribution in [0.25, 0.3) is 0 Å². The maximum absolute atomic E-state index is 11.7. The first-order valence-corrected chi connectivity index (χ1v) is 6.74. The summed E-state index contributed by atoms with van der Waals surface area (Å²) in [5.41, 5.74) is 2.88. The molecule has 0 amide bonds. The number of rotatable bonds is 4. The highest BCUT2D eigenvalue weighted by Gasteiger charge is 2.31. The van der Waals surface area contributed by atoms with Crippen LogP contribution in [0.1, 0.15) is 22.7 Å². The predicted molar refractivity (Wildman–Crippen MR) is 75.2 cm³/mol. The molecule has 1 saturated heterocycles. The number of morpholine rings is 1. The minimum Gasteiger partial charge on any atom is -0.496 e. The minimum absolute atomic E-state index is 0.566. The van der Waals surface area contributed by atoms with Crippen LogP contribution in [0, 0.1) is 13.8 Å². The van der Waals surface area contributed by atoms with E-state index in [1.165, 1.54) is 0 Å². The van der Waals surface area contributed by atoms with Gasteiger partial charge in [0.1, 0.15) is 11.8 Å². The second-order valence-corrected chi connectivity index (χ2v) is 5.07. The lowest BCUT2D eigenvalue weighted by molar-refractivity contribution is -0.145. The summed E-state index contributed by atoms with van der Waals surface area (Å²) >= 11 is 0. The summed E-state index contributed by atoms with van der Waals surface area (Å²) in [5.74, 6) is -0.222. The van der Waals surface area contributed by atoms with Crippen molar-refractivity contribution in [3.8, 4) is 5.75 Å². The number of aryl methyl sites for hydroxylation is 2. The Morgan fingerprint density at radius 3 is 2.45 bits per heavy atom. The first-order valence-electron chi connectivity index (χ1n) is 6.74. The van der Waals surface area contributed by atoms with Gasteiger partial charge in [0.25, 0.3) is 0 Å². The predicted octanol–water partition coefficient (Wildman–Crippen LogP) is 1.77. The second-order valence-electron chi connectivity index (χ2n) is 5.07. The maximum atomic E-state index is 11.7. The van der Waals surface area contributed by atoms with Gasteiger partial charge in [0.15, 0.2) is 0 Å². The Morgan fingerprint density at radius 1 is 1.30 bits per heavy atom. The monoisotopic (exact) mass is 279 g/mol. The zero-order valence-corrected chi connectivity index (χ0v) is 12.2. The molecule has 1 aromatic rings. The molecule has 0 bridgehead atoms. The molecule has 0 spiro atoms. The van der Waals surface area contributed by atoms with Crippen molar-refractivity contribution in [1.29, 1.82) is 0 Å². The summed E-state index contributed by atoms with van der Waals surface area (Å²) in [4.78, 5) is 13.7. The number of nitrogens with zero attached hydrogens (tertiary/aromatic N) is 1. The molecule has 1 atom stereocenters. The molecule has 1 aliphatic heterocycles. The molecule has 5 nitrogen and oxygen atoms in total. The molecule has 1 heterocycles. The van der Waals surface area contributed by atoms with Gasteiger partial charge < -0.3 is 14.6 Å². The van der Waals surface area contributed by atoms with Crippen LogP contribution in [0.4, 0.5) is 0 Å². The topological polar surface area (TPSA) is 59.0 Å². The second kappa shape index (κ2) is 6.24. The Kier molecular flexibility index (Phi) is 4.62. The highest BCUT2D eigenvalue weighted by atomic mass is 16.5. The lowest BCUT2D eigenvalue weighted by Crippen LogP contribution is -2.42. The molecule has 5 heteroatoms. The van der Waals surface area contributed by atoms with Gasteiger partial charge in [-0.15, -0.1) is 0 Å². The van der Waals surface area contributed by atoms with Crippen molar-refractivity contribution in [2.45, 2.75) is 19.9 Å². The van der Waals surface area contributed by atoms with Crippen molar-refractivity contribution < 1.29 is 19.4 Å². The summed E-state index contributed by atoms with van der Waals surface area (Å²) < 4.78 is 10.7. The SMILES string of the molecule is COc1cc(C)c(C)cc1C(C(=O)O)N1CCOCC1. The third-order valence-corrected chi connectivity index (χ3v) is 3.79. The van der Waals surface area contributed by atoms with E-state index in [0.717, 1.165) is 11.1 Å². The fourth-order valence-corrected chi connectivity index (χ4v) is 2.52. The lowest BCUT2D eigenvalue weighted by Gasteiger charge is -2.33. The maximum Gasteiger partial charge on any atom is 0.325 e. The van der Waals surface area contributed by atoms with Gasteiger partial charge in [-0.1, -0.05) is 0 Å². The Labute approximate surface area is 119 Å². The van der Waals surface area contributed by atoms with Gasteiger partial charge >= 0.3 is 5.97 Å². The summed E-state index contributed by atoms with van der Waals surface area (Å²) in [7, 11) is 1.58. The number of carbonyl (C=O) groups is 1. The molecule has 1 aliphatic rings. The molecule has 110 valence electrons. The Hall–Kier alpha value is -1.59. The van der Waals surface area contributed by atoms with Crippen molar-refractivity contribution in [3.05, 3.63) is 28.8 Å². The van der Waals surface area contributed by atoms with E-state index in [2.05, 4.69) is 0 Å². The van der Waals surface area contributed by atoms with Crippen molar-refractivity contribution >= 4 is 5.97 Å². The van der Waals surface area contributed by atoms with Crippen LogP contribution in [-0.4, -0.2) is 49.4 Å². The largest absolute Gasteiger partial charge is 0.496 e. The van der Waals surface area contributed by atoms with Crippen LogP contribution >= 0.6 is 0 Å². The Balaban J connectivity index is 2.42. The van der Waals surface area contributed by atoms with Crippen LogP contribution in [0.15, 0.2) is 12.1 Å². The third kappa shape index (κ3) is 2.94. The molecule has 1 fully saturated rings. The van der Waals surface area contributed by atoms with Crippen molar-refractivity contribution in [1.82, 2.24) is 4.90 Å². The number of hydrogen-bond donors (Lipinski definition) is 1. The van der Waals surface area contributed by atoms with Crippen molar-refractivity contribution in [3.63, 3.8) is 0 Å². The first-order chi connectivity index (χ1) is 9.54. The zero-order chi connectivity index (χ0) is 14.7. The van der Waals surface area contributed by atoms with Gasteiger partial charge in [0.05, 0.1) is 20.3 Å². The molecule has 0 aliphatic carbocycles. The molecule has 1 aromatic carbocycles. The van der Waals surface area contributed by atoms with Crippen LogP contribution in [-0.2, 0) is 9.53 Å². The van der Waals surface area contributed by atoms with Gasteiger partial charge in [-0.05, 0) is 37.1 Å². The van der Waals surface area contributed by atoms with Gasteiger partial charge in [-0.3, -0.25) is 9.69 Å². The molecular weight excluding hydrogens is 258 g/mol. The van der Waals surface area contributed by atoms with E-state index in [9.17, 15) is 9.90 Å². The number of methoxy groups -OCH3 is 1. The fraction of sp³-hybridized carbons (Fsp3) is 0.533. The Bertz CT molecular complexity index is 495. The average Bonchev–Trinajstić information content (AvgIpc) is 2.43. The number of carboxylic acid groups (broad SMARTS) is 1. The summed E-state index contributed by atoms with van der Waals surface area (Å²) in [6, 6.07) is 3.14. The number of hydrogen-bond acceptors (Lipinski definition) is 4. The lowest BCUT2D eigenvalue weighted by atomic mass is 9.98. The van der Waals surface area contributed by atoms with E-state index in [1.807, 2.05) is 30.9 Å². The quantitative estimate of drug-likeness (QED) is 0.910. The molecule has 0 aromatic heterocycles.